The van der Waals surface area contributed by atoms with E-state index in [4.69, 9.17) is 0 Å². The van der Waals surface area contributed by atoms with Crippen molar-refractivity contribution < 1.29 is 13.6 Å². The Bertz CT molecular complexity index is 144. The molecule has 0 aromatic carbocycles. The van der Waals surface area contributed by atoms with E-state index in [1.54, 1.807) is 0 Å². The smallest absolute Gasteiger partial charge is 0.241 e. The first kappa shape index (κ1) is 9.58. The molecule has 0 saturated carbocycles. The highest BCUT2D eigenvalue weighted by molar-refractivity contribution is 5.51. The van der Waals surface area contributed by atoms with E-state index in [-0.39, 0.29) is 0 Å². The van der Waals surface area contributed by atoms with Crippen molar-refractivity contribution in [2.24, 2.45) is 5.92 Å². The molecular formula is C8H13F2NO. The van der Waals surface area contributed by atoms with Gasteiger partial charge in [-0.1, -0.05) is 0 Å². The lowest BCUT2D eigenvalue weighted by molar-refractivity contribution is -0.109. The average molecular weight is 177 g/mol. The van der Waals surface area contributed by atoms with Crippen molar-refractivity contribution in [2.75, 3.05) is 19.6 Å². The lowest BCUT2D eigenvalue weighted by atomic mass is 9.97. The summed E-state index contributed by atoms with van der Waals surface area (Å²) in [6.45, 7) is 1.65. The Balaban J connectivity index is 2.24. The quantitative estimate of drug-likeness (QED) is 0.603. The molecule has 0 aliphatic carbocycles. The Morgan fingerprint density at radius 1 is 1.42 bits per heavy atom. The SMILES string of the molecule is O=CCN1CCC(C(F)F)CC1. The molecule has 4 heteroatoms. The zero-order valence-corrected chi connectivity index (χ0v) is 6.88. The molecule has 1 aliphatic heterocycles. The van der Waals surface area contributed by atoms with E-state index >= 15 is 0 Å². The van der Waals surface area contributed by atoms with Crippen LogP contribution in [0, 0.1) is 5.92 Å². The van der Waals surface area contributed by atoms with Crippen LogP contribution in [0.3, 0.4) is 0 Å². The summed E-state index contributed by atoms with van der Waals surface area (Å²) in [6, 6.07) is 0. The standard InChI is InChI=1S/C8H13F2NO/c9-8(10)7-1-3-11(4-2-7)5-6-12/h6-8H,1-5H2. The number of rotatable bonds is 3. The number of aldehydes is 1. The fraction of sp³-hybridized carbons (Fsp3) is 0.875. The van der Waals surface area contributed by atoms with E-state index in [0.717, 1.165) is 6.29 Å². The van der Waals surface area contributed by atoms with Gasteiger partial charge in [0.05, 0.1) is 6.54 Å². The van der Waals surface area contributed by atoms with Crippen LogP contribution < -0.4 is 0 Å². The minimum atomic E-state index is -2.19. The summed E-state index contributed by atoms with van der Waals surface area (Å²) in [7, 11) is 0. The van der Waals surface area contributed by atoms with Gasteiger partial charge < -0.3 is 4.79 Å². The lowest BCUT2D eigenvalue weighted by Crippen LogP contribution is -2.36. The van der Waals surface area contributed by atoms with Crippen molar-refractivity contribution in [3.05, 3.63) is 0 Å². The molecule has 0 aromatic rings. The normalized spacial score (nSPS) is 21.6. The number of hydrogen-bond acceptors (Lipinski definition) is 2. The van der Waals surface area contributed by atoms with Crippen molar-refractivity contribution in [3.63, 3.8) is 0 Å². The highest BCUT2D eigenvalue weighted by Gasteiger charge is 2.25. The number of likely N-dealkylation sites (tertiary alicyclic amines) is 1. The lowest BCUT2D eigenvalue weighted by Gasteiger charge is -2.29. The molecule has 2 nitrogen and oxygen atoms in total. The Labute approximate surface area is 70.5 Å². The van der Waals surface area contributed by atoms with Crippen LogP contribution in [0.25, 0.3) is 0 Å². The minimum Gasteiger partial charge on any atom is -0.302 e. The second-order valence-electron chi connectivity index (χ2n) is 3.14. The molecule has 12 heavy (non-hydrogen) atoms. The fourth-order valence-corrected chi connectivity index (χ4v) is 1.49. The van der Waals surface area contributed by atoms with Crippen LogP contribution in [0.15, 0.2) is 0 Å². The van der Waals surface area contributed by atoms with Gasteiger partial charge in [-0.05, 0) is 25.9 Å². The first-order valence-electron chi connectivity index (χ1n) is 4.18. The van der Waals surface area contributed by atoms with E-state index in [0.29, 0.717) is 32.5 Å². The molecule has 1 aliphatic rings. The summed E-state index contributed by atoms with van der Waals surface area (Å²) >= 11 is 0. The van der Waals surface area contributed by atoms with Gasteiger partial charge in [0.25, 0.3) is 0 Å². The predicted molar refractivity (Wildman–Crippen MR) is 41.2 cm³/mol. The Hall–Kier alpha value is -0.510. The largest absolute Gasteiger partial charge is 0.302 e. The fourth-order valence-electron chi connectivity index (χ4n) is 1.49. The summed E-state index contributed by atoms with van der Waals surface area (Å²) in [5.41, 5.74) is 0. The number of halogens is 2. The molecule has 0 N–H and O–H groups in total. The number of carbonyl (C=O) groups excluding carboxylic acids is 1. The van der Waals surface area contributed by atoms with Crippen LogP contribution in [-0.4, -0.2) is 37.2 Å². The average Bonchev–Trinajstić information content (AvgIpc) is 2.06. The number of alkyl halides is 2. The summed E-state index contributed by atoms with van der Waals surface area (Å²) in [5.74, 6) is -0.451. The maximum atomic E-state index is 12.1. The second-order valence-corrected chi connectivity index (χ2v) is 3.14. The molecular weight excluding hydrogens is 164 g/mol. The van der Waals surface area contributed by atoms with Crippen LogP contribution in [0.2, 0.25) is 0 Å². The number of piperidine rings is 1. The van der Waals surface area contributed by atoms with E-state index in [1.165, 1.54) is 0 Å². The third-order valence-electron chi connectivity index (χ3n) is 2.32. The third kappa shape index (κ3) is 2.52. The molecule has 0 radical (unpaired) electrons. The van der Waals surface area contributed by atoms with Crippen LogP contribution >= 0.6 is 0 Å². The van der Waals surface area contributed by atoms with E-state index in [2.05, 4.69) is 0 Å². The van der Waals surface area contributed by atoms with Gasteiger partial charge in [0.1, 0.15) is 6.29 Å². The summed E-state index contributed by atoms with van der Waals surface area (Å²) in [5, 5.41) is 0. The Morgan fingerprint density at radius 3 is 2.42 bits per heavy atom. The molecule has 1 fully saturated rings. The zero-order chi connectivity index (χ0) is 8.97. The molecule has 0 unspecified atom stereocenters. The predicted octanol–water partition coefficient (Wildman–Crippen LogP) is 1.16. The van der Waals surface area contributed by atoms with Crippen molar-refractivity contribution in [2.45, 2.75) is 19.3 Å². The van der Waals surface area contributed by atoms with Crippen LogP contribution in [0.1, 0.15) is 12.8 Å². The molecule has 70 valence electrons. The first-order chi connectivity index (χ1) is 5.74. The van der Waals surface area contributed by atoms with Crippen molar-refractivity contribution in [3.8, 4) is 0 Å². The molecule has 0 bridgehead atoms. The molecule has 0 spiro atoms. The van der Waals surface area contributed by atoms with Crippen molar-refractivity contribution >= 4 is 6.29 Å². The van der Waals surface area contributed by atoms with E-state index < -0.39 is 12.3 Å². The monoisotopic (exact) mass is 177 g/mol. The molecule has 0 amide bonds. The number of carbonyl (C=O) groups is 1. The van der Waals surface area contributed by atoms with E-state index in [9.17, 15) is 13.6 Å². The van der Waals surface area contributed by atoms with Crippen LogP contribution in [0.5, 0.6) is 0 Å². The maximum absolute atomic E-state index is 12.1. The Morgan fingerprint density at radius 2 is 2.00 bits per heavy atom. The maximum Gasteiger partial charge on any atom is 0.241 e. The molecule has 1 heterocycles. The van der Waals surface area contributed by atoms with Gasteiger partial charge in [-0.15, -0.1) is 0 Å². The first-order valence-corrected chi connectivity index (χ1v) is 4.18. The van der Waals surface area contributed by atoms with Gasteiger partial charge in [0.15, 0.2) is 0 Å². The van der Waals surface area contributed by atoms with Crippen LogP contribution in [-0.2, 0) is 4.79 Å². The topological polar surface area (TPSA) is 20.3 Å². The molecule has 1 rings (SSSR count). The number of nitrogens with zero attached hydrogens (tertiary/aromatic N) is 1. The highest BCUT2D eigenvalue weighted by atomic mass is 19.3. The van der Waals surface area contributed by atoms with Crippen molar-refractivity contribution in [1.82, 2.24) is 4.90 Å². The highest BCUT2D eigenvalue weighted by Crippen LogP contribution is 2.22. The summed E-state index contributed by atoms with van der Waals surface area (Å²) < 4.78 is 24.3. The number of hydrogen-bond donors (Lipinski definition) is 0. The minimum absolute atomic E-state index is 0.385. The van der Waals surface area contributed by atoms with Crippen LogP contribution in [0.4, 0.5) is 8.78 Å². The van der Waals surface area contributed by atoms with Gasteiger partial charge in [0.2, 0.25) is 6.43 Å². The molecule has 0 atom stereocenters. The van der Waals surface area contributed by atoms with Gasteiger partial charge in [-0.25, -0.2) is 8.78 Å². The Kier molecular flexibility index (Phi) is 3.59. The van der Waals surface area contributed by atoms with Gasteiger partial charge in [-0.2, -0.15) is 0 Å². The van der Waals surface area contributed by atoms with E-state index in [1.807, 2.05) is 4.90 Å². The zero-order valence-electron chi connectivity index (χ0n) is 6.88. The van der Waals surface area contributed by atoms with Gasteiger partial charge in [-0.3, -0.25) is 4.90 Å². The van der Waals surface area contributed by atoms with Gasteiger partial charge >= 0.3 is 0 Å². The summed E-state index contributed by atoms with van der Waals surface area (Å²) in [4.78, 5) is 12.0. The summed E-state index contributed by atoms with van der Waals surface area (Å²) in [6.07, 6.45) is -0.330. The van der Waals surface area contributed by atoms with Crippen molar-refractivity contribution in [1.29, 1.82) is 0 Å². The third-order valence-corrected chi connectivity index (χ3v) is 2.32. The molecule has 0 aromatic heterocycles. The van der Waals surface area contributed by atoms with Gasteiger partial charge in [0, 0.05) is 5.92 Å². The molecule has 1 saturated heterocycles. The second kappa shape index (κ2) is 4.50.